The largest absolute Gasteiger partial charge is 0.377 e. The number of hydrogen-bond acceptors (Lipinski definition) is 4. The van der Waals surface area contributed by atoms with Crippen molar-refractivity contribution < 1.29 is 18.6 Å². The second-order valence-electron chi connectivity index (χ2n) is 10.6. The van der Waals surface area contributed by atoms with E-state index in [1.54, 1.807) is 7.05 Å². The number of amides is 1. The Balaban J connectivity index is 2.34. The summed E-state index contributed by atoms with van der Waals surface area (Å²) in [7, 11) is 1.55. The van der Waals surface area contributed by atoms with Crippen LogP contribution in [0.4, 0.5) is 0 Å². The molecule has 37 heavy (non-hydrogen) atoms. The van der Waals surface area contributed by atoms with E-state index in [0.717, 1.165) is 21.6 Å². The molecule has 0 aliphatic carbocycles. The second kappa shape index (κ2) is 14.8. The Morgan fingerprint density at radius 2 is 1.51 bits per heavy atom. The van der Waals surface area contributed by atoms with E-state index in [-0.39, 0.29) is 23.8 Å². The second-order valence-corrected chi connectivity index (χ2v) is 11.8. The minimum atomic E-state index is -1.51. The van der Waals surface area contributed by atoms with E-state index in [1.807, 2.05) is 37.3 Å². The van der Waals surface area contributed by atoms with Gasteiger partial charge in [-0.2, -0.15) is 0 Å². The first-order chi connectivity index (χ1) is 17.5. The Labute approximate surface area is 226 Å². The molecule has 0 aliphatic heterocycles. The molecule has 0 radical (unpaired) electrons. The number of nitrogens with one attached hydrogen (secondary N) is 1. The summed E-state index contributed by atoms with van der Waals surface area (Å²) in [5, 5.41) is 1.23. The summed E-state index contributed by atoms with van der Waals surface area (Å²) in [4.78, 5) is 19.0. The molecule has 2 rings (SSSR count). The Morgan fingerprint density at radius 1 is 0.946 bits per heavy atom. The van der Waals surface area contributed by atoms with Crippen molar-refractivity contribution in [3.8, 4) is 0 Å². The highest BCUT2D eigenvalue weighted by Crippen LogP contribution is 2.34. The van der Waals surface area contributed by atoms with E-state index in [4.69, 9.17) is 9.57 Å². The summed E-state index contributed by atoms with van der Waals surface area (Å²) in [5.41, 5.74) is 4.53. The quantitative estimate of drug-likeness (QED) is 0.230. The van der Waals surface area contributed by atoms with Gasteiger partial charge in [0.25, 0.3) is 0 Å². The third-order valence-corrected chi connectivity index (χ3v) is 8.14. The summed E-state index contributed by atoms with van der Waals surface area (Å²) in [6.07, 6.45) is 0.529. The smallest absolute Gasteiger partial charge is 0.250 e. The molecule has 0 fully saturated rings. The number of carbonyl (C=O) groups excluding carboxylic acids is 1. The molecule has 0 heterocycles. The van der Waals surface area contributed by atoms with E-state index >= 15 is 0 Å². The van der Waals surface area contributed by atoms with Gasteiger partial charge >= 0.3 is 0 Å². The van der Waals surface area contributed by atoms with Crippen molar-refractivity contribution in [3.63, 3.8) is 0 Å². The Morgan fingerprint density at radius 3 is 2.00 bits per heavy atom. The highest BCUT2D eigenvalue weighted by molar-refractivity contribution is 7.83. The van der Waals surface area contributed by atoms with Gasteiger partial charge < -0.3 is 4.74 Å². The van der Waals surface area contributed by atoms with Crippen molar-refractivity contribution in [2.45, 2.75) is 90.2 Å². The molecule has 2 aromatic carbocycles. The number of rotatable bonds is 14. The maximum atomic E-state index is 14.0. The maximum Gasteiger partial charge on any atom is 0.250 e. The lowest BCUT2D eigenvalue weighted by Gasteiger charge is -2.28. The number of hydrogen-bond donors (Lipinski definition) is 1. The van der Waals surface area contributed by atoms with Gasteiger partial charge in [-0.25, -0.2) is 14.0 Å². The SMILES string of the molecule is CON(C)C(=O)[C@@H](C)[C@@H](CCOCc1ccccc1)NS(=O)c1c(C(C)C)cc(C(C)C)cc1C(C)C. The Kier molecular flexibility index (Phi) is 12.4. The average molecular weight is 531 g/mol. The zero-order valence-electron chi connectivity index (χ0n) is 24.0. The van der Waals surface area contributed by atoms with Crippen LogP contribution in [-0.4, -0.2) is 42.0 Å². The molecule has 0 saturated heterocycles. The summed E-state index contributed by atoms with van der Waals surface area (Å²) in [6, 6.07) is 14.0. The lowest BCUT2D eigenvalue weighted by atomic mass is 9.89. The molecule has 206 valence electrons. The minimum Gasteiger partial charge on any atom is -0.377 e. The van der Waals surface area contributed by atoms with E-state index in [0.29, 0.717) is 25.6 Å². The topological polar surface area (TPSA) is 67.9 Å². The molecule has 7 heteroatoms. The van der Waals surface area contributed by atoms with Crippen LogP contribution in [0, 0.1) is 5.92 Å². The molecule has 1 amide bonds. The molecule has 3 atom stereocenters. The van der Waals surface area contributed by atoms with Crippen molar-refractivity contribution in [2.75, 3.05) is 20.8 Å². The first-order valence-corrected chi connectivity index (χ1v) is 14.4. The molecule has 6 nitrogen and oxygen atoms in total. The predicted molar refractivity (Wildman–Crippen MR) is 152 cm³/mol. The van der Waals surface area contributed by atoms with E-state index in [9.17, 15) is 9.00 Å². The van der Waals surface area contributed by atoms with Crippen molar-refractivity contribution in [3.05, 3.63) is 64.7 Å². The van der Waals surface area contributed by atoms with Gasteiger partial charge in [0.1, 0.15) is 11.0 Å². The first-order valence-electron chi connectivity index (χ1n) is 13.3. The summed E-state index contributed by atoms with van der Waals surface area (Å²) in [6.45, 7) is 15.7. The Bertz CT molecular complexity index is 994. The molecular weight excluding hydrogens is 484 g/mol. The number of hydroxylamine groups is 2. The van der Waals surface area contributed by atoms with Crippen LogP contribution in [0.1, 0.15) is 94.9 Å². The van der Waals surface area contributed by atoms with Crippen molar-refractivity contribution in [2.24, 2.45) is 5.92 Å². The van der Waals surface area contributed by atoms with Gasteiger partial charge in [0, 0.05) is 19.7 Å². The fraction of sp³-hybridized carbons (Fsp3) is 0.567. The molecule has 0 spiro atoms. The molecule has 1 N–H and O–H groups in total. The molecule has 0 aliphatic rings. The van der Waals surface area contributed by atoms with Crippen molar-refractivity contribution in [1.29, 1.82) is 0 Å². The van der Waals surface area contributed by atoms with Crippen LogP contribution in [0.25, 0.3) is 0 Å². The fourth-order valence-electron chi connectivity index (χ4n) is 4.23. The van der Waals surface area contributed by atoms with Gasteiger partial charge in [-0.05, 0) is 46.4 Å². The normalized spacial score (nSPS) is 14.3. The van der Waals surface area contributed by atoms with Crippen LogP contribution < -0.4 is 4.72 Å². The molecular formula is C30H46N2O4S. The van der Waals surface area contributed by atoms with Crippen LogP contribution in [0.2, 0.25) is 0 Å². The van der Waals surface area contributed by atoms with E-state index in [1.165, 1.54) is 17.7 Å². The van der Waals surface area contributed by atoms with Crippen molar-refractivity contribution in [1.82, 2.24) is 9.79 Å². The fourth-order valence-corrected chi connectivity index (χ4v) is 5.97. The average Bonchev–Trinajstić information content (AvgIpc) is 2.88. The molecule has 2 aromatic rings. The lowest BCUT2D eigenvalue weighted by Crippen LogP contribution is -2.45. The molecule has 0 bridgehead atoms. The number of nitrogens with zero attached hydrogens (tertiary/aromatic N) is 1. The van der Waals surface area contributed by atoms with E-state index in [2.05, 4.69) is 58.4 Å². The number of benzene rings is 2. The monoisotopic (exact) mass is 530 g/mol. The third-order valence-electron chi connectivity index (χ3n) is 6.79. The molecule has 0 aromatic heterocycles. The standard InChI is InChI=1S/C30H46N2O4S/c1-20(2)25-17-26(21(3)4)29(27(18-25)22(5)6)37(34)31-28(23(7)30(33)32(8)35-9)15-16-36-19-24-13-11-10-12-14-24/h10-14,17-18,20-23,28,31H,15-16,19H2,1-9H3/t23-,28+,37?/m0/s1. The van der Waals surface area contributed by atoms with Crippen LogP contribution in [-0.2, 0) is 32.0 Å². The van der Waals surface area contributed by atoms with Gasteiger partial charge in [0.2, 0.25) is 5.91 Å². The minimum absolute atomic E-state index is 0.177. The number of ether oxygens (including phenoxy) is 1. The van der Waals surface area contributed by atoms with Gasteiger partial charge in [-0.3, -0.25) is 9.63 Å². The van der Waals surface area contributed by atoms with Crippen LogP contribution in [0.15, 0.2) is 47.4 Å². The number of carbonyl (C=O) groups is 1. The van der Waals surface area contributed by atoms with Gasteiger partial charge in [-0.15, -0.1) is 0 Å². The summed E-state index contributed by atoms with van der Waals surface area (Å²) < 4.78 is 23.3. The molecule has 0 saturated carbocycles. The van der Waals surface area contributed by atoms with E-state index < -0.39 is 16.9 Å². The Hall–Kier alpha value is -2.06. The van der Waals surface area contributed by atoms with Gasteiger partial charge in [0.05, 0.1) is 24.5 Å². The van der Waals surface area contributed by atoms with Crippen molar-refractivity contribution >= 4 is 16.9 Å². The van der Waals surface area contributed by atoms with Crippen LogP contribution in [0.3, 0.4) is 0 Å². The maximum absolute atomic E-state index is 14.0. The van der Waals surface area contributed by atoms with Crippen LogP contribution in [0.5, 0.6) is 0 Å². The summed E-state index contributed by atoms with van der Waals surface area (Å²) in [5.74, 6) is 0.159. The highest BCUT2D eigenvalue weighted by Gasteiger charge is 2.30. The molecule has 1 unspecified atom stereocenters. The highest BCUT2D eigenvalue weighted by atomic mass is 32.2. The van der Waals surface area contributed by atoms with Gasteiger partial charge in [-0.1, -0.05) is 90.9 Å². The lowest BCUT2D eigenvalue weighted by molar-refractivity contribution is -0.173. The summed E-state index contributed by atoms with van der Waals surface area (Å²) >= 11 is 0. The van der Waals surface area contributed by atoms with Gasteiger partial charge in [0.15, 0.2) is 0 Å². The third kappa shape index (κ3) is 8.74. The first kappa shape index (κ1) is 31.2. The zero-order chi connectivity index (χ0) is 27.7. The zero-order valence-corrected chi connectivity index (χ0v) is 24.9. The predicted octanol–water partition coefficient (Wildman–Crippen LogP) is 6.30. The van der Waals surface area contributed by atoms with Crippen LogP contribution >= 0.6 is 0 Å².